The minimum Gasteiger partial charge on any atom is -0.496 e. The molecule has 22 heavy (non-hydrogen) atoms. The van der Waals surface area contributed by atoms with Crippen molar-refractivity contribution >= 4 is 41.4 Å². The van der Waals surface area contributed by atoms with E-state index in [9.17, 15) is 13.2 Å². The Balaban J connectivity index is 2.08. The molecular formula is C15H17F3OS3. The van der Waals surface area contributed by atoms with E-state index in [1.807, 2.05) is 47.4 Å². The van der Waals surface area contributed by atoms with E-state index in [-0.39, 0.29) is 5.75 Å². The van der Waals surface area contributed by atoms with Crippen LogP contribution in [0.1, 0.15) is 11.1 Å². The second-order valence-electron chi connectivity index (χ2n) is 4.71. The van der Waals surface area contributed by atoms with Gasteiger partial charge >= 0.3 is 6.18 Å². The summed E-state index contributed by atoms with van der Waals surface area (Å²) in [6.07, 6.45) is 1.66. The van der Waals surface area contributed by atoms with E-state index < -0.39 is 11.7 Å². The van der Waals surface area contributed by atoms with E-state index in [4.69, 9.17) is 4.74 Å². The van der Waals surface area contributed by atoms with Crippen LogP contribution in [0.25, 0.3) is 6.08 Å². The maximum atomic E-state index is 12.7. The van der Waals surface area contributed by atoms with Crippen molar-refractivity contribution in [2.24, 2.45) is 0 Å². The van der Waals surface area contributed by atoms with Gasteiger partial charge in [0.25, 0.3) is 0 Å². The van der Waals surface area contributed by atoms with Gasteiger partial charge in [-0.2, -0.15) is 24.9 Å². The molecule has 0 bridgehead atoms. The zero-order chi connectivity index (χ0) is 16.2. The number of methoxy groups -OCH3 is 1. The molecule has 0 spiro atoms. The quantitative estimate of drug-likeness (QED) is 0.718. The Morgan fingerprint density at radius 3 is 2.50 bits per heavy atom. The molecule has 0 N–H and O–H groups in total. The van der Waals surface area contributed by atoms with Crippen molar-refractivity contribution in [1.82, 2.24) is 0 Å². The van der Waals surface area contributed by atoms with Crippen LogP contribution in [-0.2, 0) is 6.18 Å². The Bertz CT molecular complexity index is 523. The molecule has 0 amide bonds. The molecule has 1 aliphatic rings. The van der Waals surface area contributed by atoms with E-state index in [1.165, 1.54) is 13.2 Å². The third kappa shape index (κ3) is 4.80. The SMILES string of the molecule is COc1cc(C(F)(F)F)ccc1C=CC1SCC(SC)CS1. The third-order valence-electron chi connectivity index (χ3n) is 3.22. The summed E-state index contributed by atoms with van der Waals surface area (Å²) in [7, 11) is 1.39. The van der Waals surface area contributed by atoms with Crippen molar-refractivity contribution in [1.29, 1.82) is 0 Å². The van der Waals surface area contributed by atoms with Gasteiger partial charge in [0.05, 0.1) is 17.3 Å². The number of hydrogen-bond donors (Lipinski definition) is 0. The van der Waals surface area contributed by atoms with Crippen LogP contribution in [0.2, 0.25) is 0 Å². The van der Waals surface area contributed by atoms with E-state index in [0.717, 1.165) is 23.6 Å². The average molecular weight is 366 g/mol. The standard InChI is InChI=1S/C15H17F3OS3/c1-19-13-7-11(15(16,17)18)5-3-10(13)4-6-14-21-8-12(20-2)9-22-14/h3-7,12,14H,8-9H2,1-2H3. The fourth-order valence-electron chi connectivity index (χ4n) is 1.96. The Morgan fingerprint density at radius 1 is 1.27 bits per heavy atom. The monoisotopic (exact) mass is 366 g/mol. The van der Waals surface area contributed by atoms with Gasteiger partial charge in [0.1, 0.15) is 5.75 Å². The van der Waals surface area contributed by atoms with Gasteiger partial charge in [-0.25, -0.2) is 0 Å². The first-order chi connectivity index (χ1) is 10.4. The normalized spacial score (nSPS) is 23.0. The highest BCUT2D eigenvalue weighted by Crippen LogP contribution is 2.37. The molecular weight excluding hydrogens is 349 g/mol. The first kappa shape index (κ1) is 17.9. The maximum absolute atomic E-state index is 12.7. The lowest BCUT2D eigenvalue weighted by Crippen LogP contribution is -2.18. The maximum Gasteiger partial charge on any atom is 0.416 e. The molecule has 1 fully saturated rings. The molecule has 122 valence electrons. The zero-order valence-electron chi connectivity index (χ0n) is 12.2. The third-order valence-corrected chi connectivity index (χ3v) is 7.62. The molecule has 1 aliphatic heterocycles. The molecule has 0 aliphatic carbocycles. The molecule has 0 radical (unpaired) electrons. The summed E-state index contributed by atoms with van der Waals surface area (Å²) < 4.78 is 43.5. The van der Waals surface area contributed by atoms with Crippen molar-refractivity contribution in [2.75, 3.05) is 24.9 Å². The molecule has 1 saturated heterocycles. The second kappa shape index (κ2) is 7.93. The van der Waals surface area contributed by atoms with Gasteiger partial charge in [0.15, 0.2) is 0 Å². The van der Waals surface area contributed by atoms with Crippen molar-refractivity contribution < 1.29 is 17.9 Å². The Morgan fingerprint density at radius 2 is 1.95 bits per heavy atom. The van der Waals surface area contributed by atoms with Crippen LogP contribution in [0.3, 0.4) is 0 Å². The van der Waals surface area contributed by atoms with Gasteiger partial charge in [0.2, 0.25) is 0 Å². The van der Waals surface area contributed by atoms with Crippen molar-refractivity contribution in [3.63, 3.8) is 0 Å². The van der Waals surface area contributed by atoms with Gasteiger partial charge in [-0.1, -0.05) is 18.2 Å². The second-order valence-corrected chi connectivity index (χ2v) is 8.49. The molecule has 1 aromatic carbocycles. The highest BCUT2D eigenvalue weighted by atomic mass is 32.2. The molecule has 0 unspecified atom stereocenters. The van der Waals surface area contributed by atoms with Crippen molar-refractivity contribution in [2.45, 2.75) is 16.0 Å². The molecule has 2 rings (SSSR count). The highest BCUT2D eigenvalue weighted by molar-refractivity contribution is 8.19. The van der Waals surface area contributed by atoms with Gasteiger partial charge < -0.3 is 4.74 Å². The number of benzene rings is 1. The number of rotatable bonds is 4. The molecule has 0 saturated carbocycles. The highest BCUT2D eigenvalue weighted by Gasteiger charge is 2.31. The first-order valence-corrected chi connectivity index (χ1v) is 10.0. The number of ether oxygens (including phenoxy) is 1. The number of alkyl halides is 3. The lowest BCUT2D eigenvalue weighted by Gasteiger charge is -2.24. The predicted octanol–water partition coefficient (Wildman–Crippen LogP) is 5.26. The zero-order valence-corrected chi connectivity index (χ0v) is 14.7. The topological polar surface area (TPSA) is 9.23 Å². The molecule has 1 aromatic rings. The Hall–Kier alpha value is -0.400. The van der Waals surface area contributed by atoms with Crippen LogP contribution >= 0.6 is 35.3 Å². The summed E-state index contributed by atoms with van der Waals surface area (Å²) in [6, 6.07) is 3.60. The first-order valence-electron chi connectivity index (χ1n) is 6.63. The van der Waals surface area contributed by atoms with Crippen LogP contribution in [0.15, 0.2) is 24.3 Å². The van der Waals surface area contributed by atoms with Gasteiger partial charge in [-0.3, -0.25) is 0 Å². The Labute approximate surface area is 141 Å². The number of hydrogen-bond acceptors (Lipinski definition) is 4. The summed E-state index contributed by atoms with van der Waals surface area (Å²) >= 11 is 5.62. The van der Waals surface area contributed by atoms with Crippen molar-refractivity contribution in [3.05, 3.63) is 35.4 Å². The van der Waals surface area contributed by atoms with Crippen LogP contribution in [0.5, 0.6) is 5.75 Å². The summed E-state index contributed by atoms with van der Waals surface area (Å²) in [6.45, 7) is 0. The average Bonchev–Trinajstić information content (AvgIpc) is 2.52. The largest absolute Gasteiger partial charge is 0.496 e. The van der Waals surface area contributed by atoms with Crippen LogP contribution < -0.4 is 4.74 Å². The lowest BCUT2D eigenvalue weighted by molar-refractivity contribution is -0.137. The minimum atomic E-state index is -4.35. The number of halogens is 3. The summed E-state index contributed by atoms with van der Waals surface area (Å²) in [5.74, 6) is 2.46. The van der Waals surface area contributed by atoms with Gasteiger partial charge in [-0.15, -0.1) is 23.5 Å². The summed E-state index contributed by atoms with van der Waals surface area (Å²) in [4.78, 5) is 0. The molecule has 0 aromatic heterocycles. The molecule has 7 heteroatoms. The lowest BCUT2D eigenvalue weighted by atomic mass is 10.1. The van der Waals surface area contributed by atoms with Gasteiger partial charge in [-0.05, 0) is 18.4 Å². The van der Waals surface area contributed by atoms with Crippen LogP contribution in [0, 0.1) is 0 Å². The minimum absolute atomic E-state index is 0.249. The van der Waals surface area contributed by atoms with Gasteiger partial charge in [0, 0.05) is 22.3 Å². The molecule has 1 heterocycles. The smallest absolute Gasteiger partial charge is 0.416 e. The fraction of sp³-hybridized carbons (Fsp3) is 0.467. The van der Waals surface area contributed by atoms with Crippen LogP contribution in [-0.4, -0.2) is 34.7 Å². The summed E-state index contributed by atoms with van der Waals surface area (Å²) in [5, 5.41) is 0.681. The van der Waals surface area contributed by atoms with E-state index in [1.54, 1.807) is 0 Å². The van der Waals surface area contributed by atoms with E-state index in [2.05, 4.69) is 6.26 Å². The van der Waals surface area contributed by atoms with Crippen LogP contribution in [0.4, 0.5) is 13.2 Å². The predicted molar refractivity (Wildman–Crippen MR) is 93.0 cm³/mol. The van der Waals surface area contributed by atoms with E-state index >= 15 is 0 Å². The Kier molecular flexibility index (Phi) is 6.46. The van der Waals surface area contributed by atoms with E-state index in [0.29, 0.717) is 15.4 Å². The molecule has 1 nitrogen and oxygen atoms in total. The molecule has 0 atom stereocenters. The number of thioether (sulfide) groups is 3. The van der Waals surface area contributed by atoms with Crippen molar-refractivity contribution in [3.8, 4) is 5.75 Å². The summed E-state index contributed by atoms with van der Waals surface area (Å²) in [5.41, 5.74) is -0.0191. The fourth-order valence-corrected chi connectivity index (χ4v) is 5.94.